The van der Waals surface area contributed by atoms with Gasteiger partial charge in [0.25, 0.3) is 0 Å². The summed E-state index contributed by atoms with van der Waals surface area (Å²) >= 11 is 0. The predicted molar refractivity (Wildman–Crippen MR) is 83.1 cm³/mol. The van der Waals surface area contributed by atoms with Gasteiger partial charge in [-0.25, -0.2) is 0 Å². The second-order valence-corrected chi connectivity index (χ2v) is 6.40. The standard InChI is InChI=1S/C16H34N2O/c1-6-8-13-18(14(3)7-2)15(19)9-10-16(4,5)11-12-17/h14H,6-13,17H2,1-5H3. The van der Waals surface area contributed by atoms with Crippen LogP contribution >= 0.6 is 0 Å². The third kappa shape index (κ3) is 7.56. The minimum atomic E-state index is 0.177. The van der Waals surface area contributed by atoms with Gasteiger partial charge in [-0.1, -0.05) is 34.1 Å². The van der Waals surface area contributed by atoms with E-state index in [0.29, 0.717) is 24.9 Å². The zero-order chi connectivity index (χ0) is 14.9. The molecule has 1 atom stereocenters. The van der Waals surface area contributed by atoms with Crippen LogP contribution in [0.3, 0.4) is 0 Å². The fourth-order valence-electron chi connectivity index (χ4n) is 2.24. The zero-order valence-corrected chi connectivity index (χ0v) is 13.7. The summed E-state index contributed by atoms with van der Waals surface area (Å²) in [5.41, 5.74) is 5.80. The van der Waals surface area contributed by atoms with Crippen LogP contribution < -0.4 is 5.73 Å². The number of carbonyl (C=O) groups is 1. The van der Waals surface area contributed by atoms with E-state index in [0.717, 1.165) is 38.6 Å². The summed E-state index contributed by atoms with van der Waals surface area (Å²) in [5.74, 6) is 0.313. The number of carbonyl (C=O) groups excluding carboxylic acids is 1. The molecular weight excluding hydrogens is 236 g/mol. The largest absolute Gasteiger partial charge is 0.340 e. The van der Waals surface area contributed by atoms with Crippen molar-refractivity contribution in [3.8, 4) is 0 Å². The van der Waals surface area contributed by atoms with Gasteiger partial charge in [-0.05, 0) is 44.6 Å². The molecule has 0 heterocycles. The molecule has 0 aliphatic carbocycles. The zero-order valence-electron chi connectivity index (χ0n) is 13.7. The number of hydrogen-bond acceptors (Lipinski definition) is 2. The lowest BCUT2D eigenvalue weighted by atomic mass is 9.84. The highest BCUT2D eigenvalue weighted by Crippen LogP contribution is 2.26. The van der Waals surface area contributed by atoms with Crippen molar-refractivity contribution in [2.75, 3.05) is 13.1 Å². The molecule has 114 valence electrons. The van der Waals surface area contributed by atoms with Crippen LogP contribution in [0, 0.1) is 5.41 Å². The number of unbranched alkanes of at least 4 members (excludes halogenated alkanes) is 1. The third-order valence-corrected chi connectivity index (χ3v) is 4.03. The first-order valence-corrected chi connectivity index (χ1v) is 7.87. The first kappa shape index (κ1) is 18.4. The van der Waals surface area contributed by atoms with Gasteiger partial charge in [-0.3, -0.25) is 4.79 Å². The lowest BCUT2D eigenvalue weighted by Crippen LogP contribution is -2.39. The average molecular weight is 270 g/mol. The summed E-state index contributed by atoms with van der Waals surface area (Å²) in [6.45, 7) is 12.5. The lowest BCUT2D eigenvalue weighted by molar-refractivity contribution is -0.134. The van der Waals surface area contributed by atoms with Gasteiger partial charge >= 0.3 is 0 Å². The quantitative estimate of drug-likeness (QED) is 0.659. The van der Waals surface area contributed by atoms with E-state index in [-0.39, 0.29) is 5.41 Å². The molecule has 0 radical (unpaired) electrons. The van der Waals surface area contributed by atoms with E-state index >= 15 is 0 Å². The maximum atomic E-state index is 12.4. The third-order valence-electron chi connectivity index (χ3n) is 4.03. The van der Waals surface area contributed by atoms with E-state index in [9.17, 15) is 4.79 Å². The van der Waals surface area contributed by atoms with Crippen molar-refractivity contribution in [2.24, 2.45) is 11.1 Å². The van der Waals surface area contributed by atoms with Crippen molar-refractivity contribution < 1.29 is 4.79 Å². The maximum Gasteiger partial charge on any atom is 0.222 e. The van der Waals surface area contributed by atoms with Gasteiger partial charge in [0.2, 0.25) is 5.91 Å². The van der Waals surface area contributed by atoms with Crippen molar-refractivity contribution in [1.29, 1.82) is 0 Å². The highest BCUT2D eigenvalue weighted by atomic mass is 16.2. The first-order chi connectivity index (χ1) is 8.87. The molecule has 0 saturated heterocycles. The first-order valence-electron chi connectivity index (χ1n) is 7.87. The molecule has 0 aliphatic rings. The van der Waals surface area contributed by atoms with E-state index in [1.54, 1.807) is 0 Å². The Bertz CT molecular complexity index is 251. The Labute approximate surface area is 119 Å². The van der Waals surface area contributed by atoms with Crippen LogP contribution in [0.25, 0.3) is 0 Å². The fourth-order valence-corrected chi connectivity index (χ4v) is 2.24. The second kappa shape index (κ2) is 9.35. The molecule has 0 bridgehead atoms. The second-order valence-electron chi connectivity index (χ2n) is 6.40. The Balaban J connectivity index is 4.39. The smallest absolute Gasteiger partial charge is 0.222 e. The van der Waals surface area contributed by atoms with Crippen molar-refractivity contribution in [3.63, 3.8) is 0 Å². The van der Waals surface area contributed by atoms with Crippen LogP contribution in [-0.2, 0) is 4.79 Å². The Kier molecular flexibility index (Phi) is 9.07. The van der Waals surface area contributed by atoms with Gasteiger partial charge in [-0.15, -0.1) is 0 Å². The van der Waals surface area contributed by atoms with E-state index in [2.05, 4.69) is 39.5 Å². The van der Waals surface area contributed by atoms with Crippen molar-refractivity contribution in [1.82, 2.24) is 4.90 Å². The van der Waals surface area contributed by atoms with Crippen LogP contribution in [0.15, 0.2) is 0 Å². The molecule has 1 unspecified atom stereocenters. The maximum absolute atomic E-state index is 12.4. The summed E-state index contributed by atoms with van der Waals surface area (Å²) in [6.07, 6.45) is 5.84. The van der Waals surface area contributed by atoms with E-state index in [4.69, 9.17) is 5.73 Å². The van der Waals surface area contributed by atoms with Gasteiger partial charge in [-0.2, -0.15) is 0 Å². The highest BCUT2D eigenvalue weighted by Gasteiger charge is 2.22. The summed E-state index contributed by atoms with van der Waals surface area (Å²) in [6, 6.07) is 0.358. The normalized spacial score (nSPS) is 13.4. The Morgan fingerprint density at radius 1 is 1.26 bits per heavy atom. The number of rotatable bonds is 10. The highest BCUT2D eigenvalue weighted by molar-refractivity contribution is 5.76. The van der Waals surface area contributed by atoms with Gasteiger partial charge < -0.3 is 10.6 Å². The SMILES string of the molecule is CCCCN(C(=O)CCC(C)(C)CCN)C(C)CC. The summed E-state index contributed by atoms with van der Waals surface area (Å²) in [4.78, 5) is 14.5. The fraction of sp³-hybridized carbons (Fsp3) is 0.938. The van der Waals surface area contributed by atoms with Crippen molar-refractivity contribution in [2.45, 2.75) is 79.2 Å². The molecule has 2 N–H and O–H groups in total. The molecule has 0 fully saturated rings. The van der Waals surface area contributed by atoms with Gasteiger partial charge in [0.05, 0.1) is 0 Å². The van der Waals surface area contributed by atoms with Gasteiger partial charge in [0.15, 0.2) is 0 Å². The minimum absolute atomic E-state index is 0.177. The van der Waals surface area contributed by atoms with Gasteiger partial charge in [0, 0.05) is 19.0 Å². The molecular formula is C16H34N2O. The molecule has 3 heteroatoms. The molecule has 0 aromatic rings. The van der Waals surface area contributed by atoms with E-state index in [1.165, 1.54) is 0 Å². The lowest BCUT2D eigenvalue weighted by Gasteiger charge is -2.30. The molecule has 19 heavy (non-hydrogen) atoms. The van der Waals surface area contributed by atoms with Crippen LogP contribution in [0.2, 0.25) is 0 Å². The molecule has 0 spiro atoms. The van der Waals surface area contributed by atoms with Crippen LogP contribution in [0.1, 0.15) is 73.1 Å². The number of hydrogen-bond donors (Lipinski definition) is 1. The molecule has 3 nitrogen and oxygen atoms in total. The number of nitrogens with two attached hydrogens (primary N) is 1. The van der Waals surface area contributed by atoms with Crippen molar-refractivity contribution >= 4 is 5.91 Å². The molecule has 0 saturated carbocycles. The molecule has 0 aromatic carbocycles. The topological polar surface area (TPSA) is 46.3 Å². The average Bonchev–Trinajstić information content (AvgIpc) is 2.36. The van der Waals surface area contributed by atoms with Gasteiger partial charge in [0.1, 0.15) is 0 Å². The van der Waals surface area contributed by atoms with Crippen molar-refractivity contribution in [3.05, 3.63) is 0 Å². The Hall–Kier alpha value is -0.570. The van der Waals surface area contributed by atoms with Crippen LogP contribution in [0.5, 0.6) is 0 Å². The monoisotopic (exact) mass is 270 g/mol. The predicted octanol–water partition coefficient (Wildman–Crippen LogP) is 3.57. The number of nitrogens with zero attached hydrogens (tertiary/aromatic N) is 1. The summed E-state index contributed by atoms with van der Waals surface area (Å²) < 4.78 is 0. The van der Waals surface area contributed by atoms with E-state index < -0.39 is 0 Å². The van der Waals surface area contributed by atoms with Crippen LogP contribution in [0.4, 0.5) is 0 Å². The minimum Gasteiger partial charge on any atom is -0.340 e. The summed E-state index contributed by atoms with van der Waals surface area (Å²) in [5, 5.41) is 0. The Morgan fingerprint density at radius 2 is 1.89 bits per heavy atom. The molecule has 0 aliphatic heterocycles. The molecule has 1 amide bonds. The Morgan fingerprint density at radius 3 is 2.37 bits per heavy atom. The number of amides is 1. The van der Waals surface area contributed by atoms with Crippen LogP contribution in [-0.4, -0.2) is 29.9 Å². The summed E-state index contributed by atoms with van der Waals surface area (Å²) in [7, 11) is 0. The van der Waals surface area contributed by atoms with E-state index in [1.807, 2.05) is 0 Å². The molecule has 0 aromatic heterocycles. The molecule has 0 rings (SSSR count).